The van der Waals surface area contributed by atoms with Gasteiger partial charge in [0.15, 0.2) is 0 Å². The van der Waals surface area contributed by atoms with E-state index in [2.05, 4.69) is 0 Å². The Morgan fingerprint density at radius 3 is 0.500 bits per heavy atom. The average molecular weight is 537 g/mol. The summed E-state index contributed by atoms with van der Waals surface area (Å²) in [4.78, 5) is 0. The van der Waals surface area contributed by atoms with E-state index in [9.17, 15) is 0 Å². The Morgan fingerprint density at radius 2 is 0.500 bits per heavy atom. The van der Waals surface area contributed by atoms with E-state index < -0.39 is 0 Å². The fraction of sp³-hybridized carbons (Fsp3) is 1.00. The first-order valence-electron chi connectivity index (χ1n) is 4.00. The molecule has 0 aromatic heterocycles. The zero-order valence-corrected chi connectivity index (χ0v) is 44.0. The first-order chi connectivity index (χ1) is 4.00. The molecule has 0 aliphatic carbocycles. The fourth-order valence-electron chi connectivity index (χ4n) is 0. The van der Waals surface area contributed by atoms with Crippen molar-refractivity contribution < 1.29 is 106 Å². The summed E-state index contributed by atoms with van der Waals surface area (Å²) in [7, 11) is 0. The van der Waals surface area contributed by atoms with Crippen LogP contribution in [-0.2, 0) is 0 Å². The second kappa shape index (κ2) is 70.6. The Kier molecular flexibility index (Phi) is 304. The second-order valence-electron chi connectivity index (χ2n) is 0. The van der Waals surface area contributed by atoms with Gasteiger partial charge in [0.2, 0.25) is 0 Å². The van der Waals surface area contributed by atoms with Gasteiger partial charge >= 0.3 is 355 Å². The number of hydrogen-bond donors (Lipinski definition) is 0. The van der Waals surface area contributed by atoms with Gasteiger partial charge in [-0.05, 0) is 0 Å². The molecule has 0 heterocycles. The summed E-state index contributed by atoms with van der Waals surface area (Å²) in [6.45, 7) is 0. The van der Waals surface area contributed by atoms with Gasteiger partial charge in [0, 0.05) is 0 Å². The summed E-state index contributed by atoms with van der Waals surface area (Å²) < 4.78 is 0. The Hall–Kier alpha value is 17.1. The van der Waals surface area contributed by atoms with Crippen molar-refractivity contribution in [2.24, 2.45) is 0 Å². The van der Waals surface area contributed by atoms with Crippen molar-refractivity contribution in [3.05, 3.63) is 0 Å². The summed E-state index contributed by atoms with van der Waals surface area (Å²) in [6, 6.07) is 0. The van der Waals surface area contributed by atoms with E-state index in [4.69, 9.17) is 0 Å². The Balaban J connectivity index is -0.00000000167. The van der Waals surface area contributed by atoms with Crippen molar-refractivity contribution >= 4 is 277 Å². The van der Waals surface area contributed by atoms with Crippen LogP contribution in [0.3, 0.4) is 0 Å². The topological polar surface area (TPSA) is 0 Å². The third kappa shape index (κ3) is 63.1. The van der Waals surface area contributed by atoms with Crippen LogP contribution in [0.2, 0.25) is 0 Å². The molecule has 0 aromatic rings. The molecule has 0 N–H and O–H groups in total. The normalized spacial score (nSPS) is 2.67. The third-order valence-electron chi connectivity index (χ3n) is 0. The van der Waals surface area contributed by atoms with Crippen molar-refractivity contribution in [1.29, 1.82) is 0 Å². The molecule has 0 fully saturated rings. The van der Waals surface area contributed by atoms with Crippen LogP contribution in [-0.4, -0.2) is 253 Å². The van der Waals surface area contributed by atoms with E-state index in [0.717, 1.165) is 0 Å². The molecule has 28 valence electrons. The molecule has 0 aliphatic heterocycles. The molecule has 0 bridgehead atoms. The van der Waals surface area contributed by atoms with Crippen LogP contribution < -0.4 is 103 Å². The standard InChI is InChI=1S/CH4.HI.10K.2H/h1H4;1H;;;;;;;;;;;;/q;;;;;;;;;;2*+1;2*-1. The molecule has 0 saturated carbocycles. The van der Waals surface area contributed by atoms with Crippen molar-refractivity contribution in [2.45, 2.75) is 7.43 Å². The zero-order valence-electron chi connectivity index (χ0n) is 12.4. The second-order valence-corrected chi connectivity index (χ2v) is 0. The van der Waals surface area contributed by atoms with E-state index in [1.807, 2.05) is 0 Å². The molecule has 0 atom stereocenters. The van der Waals surface area contributed by atoms with Gasteiger partial charge in [0.25, 0.3) is 0 Å². The molecule has 0 spiro atoms. The Morgan fingerprint density at radius 1 is 0.500 bits per heavy atom. The molecule has 0 amide bonds. The van der Waals surface area contributed by atoms with Crippen LogP contribution in [0.1, 0.15) is 10.3 Å². The van der Waals surface area contributed by atoms with E-state index in [1.54, 1.807) is 0 Å². The Bertz CT molecular complexity index is 18.1. The predicted molar refractivity (Wildman–Crippen MR) is 70.4 cm³/mol. The summed E-state index contributed by atoms with van der Waals surface area (Å²) in [5.74, 6) is 0. The summed E-state index contributed by atoms with van der Waals surface area (Å²) >= 11 is 10.0. The van der Waals surface area contributed by atoms with Gasteiger partial charge in [-0.3, -0.25) is 0 Å². The molecule has 0 unspecified atom stereocenters. The molecular weight excluding hydrogens is 530 g/mol. The maximum absolute atomic E-state index is 1.25. The minimum absolute atomic E-state index is 0. The minimum atomic E-state index is 0. The van der Waals surface area contributed by atoms with Crippen molar-refractivity contribution in [3.63, 3.8) is 0 Å². The number of rotatable bonds is 0. The Labute approximate surface area is 366 Å². The van der Waals surface area contributed by atoms with E-state index >= 15 is 0 Å². The quantitative estimate of drug-likeness (QED) is 0.213. The summed E-state index contributed by atoms with van der Waals surface area (Å²) in [5.41, 5.74) is 0. The van der Waals surface area contributed by atoms with Gasteiger partial charge in [-0.15, -0.1) is 24.0 Å². The molecule has 0 radical (unpaired) electrons. The van der Waals surface area contributed by atoms with Crippen molar-refractivity contribution in [1.82, 2.24) is 0 Å². The first kappa shape index (κ1) is 51.6. The van der Waals surface area contributed by atoms with E-state index in [1.165, 1.54) is 253 Å². The summed E-state index contributed by atoms with van der Waals surface area (Å²) in [6.07, 6.45) is 0. The van der Waals surface area contributed by atoms with Crippen LogP contribution in [0, 0.1) is 0 Å². The molecule has 0 saturated heterocycles. The molecule has 0 aromatic carbocycles. The van der Waals surface area contributed by atoms with Crippen LogP contribution in [0.5, 0.6) is 0 Å². The monoisotopic (exact) mass is 536 g/mol. The molecule has 0 aliphatic rings. The van der Waals surface area contributed by atoms with Crippen LogP contribution >= 0.6 is 24.0 Å². The molecular formula is CH7IK10. The fourth-order valence-corrected chi connectivity index (χ4v) is 0. The van der Waals surface area contributed by atoms with Crippen LogP contribution in [0.4, 0.5) is 0 Å². The maximum atomic E-state index is 1.25. The molecule has 0 rings (SSSR count). The number of hydrogen-bond acceptors (Lipinski definition) is 0. The third-order valence-corrected chi connectivity index (χ3v) is 0. The van der Waals surface area contributed by atoms with Gasteiger partial charge in [0.1, 0.15) is 0 Å². The van der Waals surface area contributed by atoms with E-state index in [-0.39, 0.29) is 137 Å². The summed E-state index contributed by atoms with van der Waals surface area (Å²) in [5, 5.41) is 0. The van der Waals surface area contributed by atoms with Crippen LogP contribution in [0.15, 0.2) is 0 Å². The van der Waals surface area contributed by atoms with Crippen LogP contribution in [0.25, 0.3) is 0 Å². The van der Waals surface area contributed by atoms with Crippen molar-refractivity contribution in [2.75, 3.05) is 0 Å². The predicted octanol–water partition coefficient (Wildman–Crippen LogP) is -7.56. The van der Waals surface area contributed by atoms with Crippen molar-refractivity contribution in [3.8, 4) is 0 Å². The van der Waals surface area contributed by atoms with Gasteiger partial charge in [-0.25, -0.2) is 0 Å². The van der Waals surface area contributed by atoms with Gasteiger partial charge in [-0.1, -0.05) is 7.43 Å². The average Bonchev–Trinajstić information content (AvgIpc) is 2.03. The molecule has 12 heavy (non-hydrogen) atoms. The first-order valence-corrected chi connectivity index (χ1v) is 68.0. The van der Waals surface area contributed by atoms with Gasteiger partial charge in [0.05, 0.1) is 0 Å². The molecule has 11 heteroatoms. The van der Waals surface area contributed by atoms with Gasteiger partial charge in [-0.2, -0.15) is 0 Å². The zero-order chi connectivity index (χ0) is 8.00. The van der Waals surface area contributed by atoms with E-state index in [0.29, 0.717) is 0 Å². The number of halogens is 1. The van der Waals surface area contributed by atoms with Gasteiger partial charge < -0.3 is 2.85 Å². The molecule has 0 nitrogen and oxygen atoms in total. The SMILES string of the molecule is C.I.[H-].[H-].[K+].[K+].[K][K].[K][K].[K][K].[K][K].